The summed E-state index contributed by atoms with van der Waals surface area (Å²) in [6.07, 6.45) is 0. The van der Waals surface area contributed by atoms with E-state index in [-0.39, 0.29) is 5.69 Å². The Balaban J connectivity index is 1.18. The Hall–Kier alpha value is -8.68. The number of halogens is 2. The van der Waals surface area contributed by atoms with Crippen LogP contribution in [0.1, 0.15) is 0 Å². The molecule has 67 heavy (non-hydrogen) atoms. The lowest BCUT2D eigenvalue weighted by atomic mass is 9.44. The summed E-state index contributed by atoms with van der Waals surface area (Å²) in [6.45, 7) is -0.432. The first-order valence-corrected chi connectivity index (χ1v) is 22.8. The van der Waals surface area contributed by atoms with Crippen molar-refractivity contribution in [3.05, 3.63) is 206 Å². The number of benzene rings is 10. The van der Waals surface area contributed by atoms with E-state index >= 15 is 8.78 Å². The SMILES string of the molecule is Fc1cccc(F)c1N1c2cc3oc4ccccc4c3c3c2B(c2c1cc1c4ccccc4n4c5ccccc5c2c14)n1c2ccc(-c4ccccc4)cc2c2cc(-c4ccccc4)cc-3c21. The van der Waals surface area contributed by atoms with Gasteiger partial charge >= 0.3 is 6.85 Å². The van der Waals surface area contributed by atoms with E-state index in [1.54, 1.807) is 0 Å². The van der Waals surface area contributed by atoms with Crippen molar-refractivity contribution in [2.45, 2.75) is 0 Å². The van der Waals surface area contributed by atoms with Crippen molar-refractivity contribution in [3.63, 3.8) is 0 Å². The Morgan fingerprint density at radius 2 is 1.03 bits per heavy atom. The van der Waals surface area contributed by atoms with Gasteiger partial charge in [-0.3, -0.25) is 0 Å². The third kappa shape index (κ3) is 4.42. The number of aromatic nitrogens is 2. The quantitative estimate of drug-likeness (QED) is 0.165. The monoisotopic (exact) mass is 859 g/mol. The van der Waals surface area contributed by atoms with Gasteiger partial charge in [0.1, 0.15) is 28.5 Å². The standard InChI is InChI=1S/C60H32BF2N3O/c62-44-21-13-22-45(63)60(44)65-49-31-42-37-18-7-10-23-46(37)64-47-24-11-8-19-38(47)55(59(42)64)57(49)61-56-50(65)32-52-53(39-20-9-12-25-51(39)67-52)54(56)43-30-36(34-16-5-2-6-17-34)29-41-40-28-35(33-14-3-1-4-15-33)26-27-48(40)66(61)58(41)43/h1-32H. The molecule has 0 aliphatic carbocycles. The van der Waals surface area contributed by atoms with Crippen molar-refractivity contribution in [3.8, 4) is 33.4 Å². The van der Waals surface area contributed by atoms with E-state index in [4.69, 9.17) is 4.42 Å². The van der Waals surface area contributed by atoms with Crippen LogP contribution >= 0.6 is 0 Å². The third-order valence-electron chi connectivity index (χ3n) is 14.9. The fourth-order valence-corrected chi connectivity index (χ4v) is 12.3. The largest absolute Gasteiger partial charge is 0.456 e. The fourth-order valence-electron chi connectivity index (χ4n) is 12.3. The van der Waals surface area contributed by atoms with E-state index in [0.717, 1.165) is 126 Å². The summed E-state index contributed by atoms with van der Waals surface area (Å²) >= 11 is 0. The van der Waals surface area contributed by atoms with Crippen LogP contribution in [0.5, 0.6) is 0 Å². The molecule has 0 radical (unpaired) electrons. The first-order chi connectivity index (χ1) is 33.1. The van der Waals surface area contributed by atoms with Crippen molar-refractivity contribution in [1.29, 1.82) is 0 Å². The zero-order chi connectivity index (χ0) is 43.8. The molecule has 7 heteroatoms. The minimum absolute atomic E-state index is 0.125. The molecular formula is C60H32BF2N3O. The van der Waals surface area contributed by atoms with Gasteiger partial charge in [-0.2, -0.15) is 0 Å². The van der Waals surface area contributed by atoms with Crippen LogP contribution in [-0.2, 0) is 0 Å². The number of hydrogen-bond donors (Lipinski definition) is 0. The number of nitrogens with zero attached hydrogens (tertiary/aromatic N) is 3. The van der Waals surface area contributed by atoms with Gasteiger partial charge in [-0.05, 0) is 99.4 Å². The molecule has 0 amide bonds. The second-order valence-electron chi connectivity index (χ2n) is 18.2. The fraction of sp³-hybridized carbons (Fsp3) is 0. The van der Waals surface area contributed by atoms with Crippen molar-refractivity contribution < 1.29 is 13.2 Å². The number of hydrogen-bond acceptors (Lipinski definition) is 2. The molecule has 0 fully saturated rings. The van der Waals surface area contributed by atoms with Crippen LogP contribution in [0.15, 0.2) is 199 Å². The molecule has 14 aromatic rings. The highest BCUT2D eigenvalue weighted by Crippen LogP contribution is 2.53. The van der Waals surface area contributed by atoms with Crippen molar-refractivity contribution in [2.24, 2.45) is 0 Å². The molecule has 0 spiro atoms. The summed E-state index contributed by atoms with van der Waals surface area (Å²) in [6, 6.07) is 66.4. The molecule has 0 saturated heterocycles. The molecule has 310 valence electrons. The van der Waals surface area contributed by atoms with E-state index in [9.17, 15) is 0 Å². The van der Waals surface area contributed by atoms with Gasteiger partial charge in [-0.15, -0.1) is 0 Å². The second-order valence-corrected chi connectivity index (χ2v) is 18.2. The Morgan fingerprint density at radius 1 is 0.403 bits per heavy atom. The maximum absolute atomic E-state index is 17.0. The zero-order valence-electron chi connectivity index (χ0n) is 35.6. The Morgan fingerprint density at radius 3 is 1.81 bits per heavy atom. The zero-order valence-corrected chi connectivity index (χ0v) is 35.6. The normalized spacial score (nSPS) is 13.2. The maximum atomic E-state index is 17.0. The highest BCUT2D eigenvalue weighted by molar-refractivity contribution is 6.92. The van der Waals surface area contributed by atoms with Crippen LogP contribution in [0.4, 0.5) is 25.8 Å². The summed E-state index contributed by atoms with van der Waals surface area (Å²) in [5.41, 5.74) is 16.6. The van der Waals surface area contributed by atoms with Crippen molar-refractivity contribution in [1.82, 2.24) is 8.88 Å². The average Bonchev–Trinajstić information content (AvgIpc) is 4.11. The van der Waals surface area contributed by atoms with E-state index in [1.165, 1.54) is 18.2 Å². The van der Waals surface area contributed by atoms with Crippen LogP contribution in [0.2, 0.25) is 0 Å². The lowest BCUT2D eigenvalue weighted by Crippen LogP contribution is -2.57. The summed E-state index contributed by atoms with van der Waals surface area (Å²) in [5.74, 6) is -1.29. The summed E-state index contributed by atoms with van der Waals surface area (Å²) in [5, 5.41) is 8.50. The number of furan rings is 1. The predicted octanol–water partition coefficient (Wildman–Crippen LogP) is 14.9. The number of rotatable bonds is 3. The number of para-hydroxylation sites is 4. The lowest BCUT2D eigenvalue weighted by molar-refractivity contribution is 0.586. The Labute approximate surface area is 381 Å². The molecule has 2 aliphatic rings. The predicted molar refractivity (Wildman–Crippen MR) is 273 cm³/mol. The average molecular weight is 860 g/mol. The molecule has 0 atom stereocenters. The van der Waals surface area contributed by atoms with Crippen LogP contribution < -0.4 is 15.8 Å². The molecule has 6 heterocycles. The molecule has 0 N–H and O–H groups in total. The molecule has 0 unspecified atom stereocenters. The molecule has 10 aromatic carbocycles. The first-order valence-electron chi connectivity index (χ1n) is 22.8. The third-order valence-corrected chi connectivity index (χ3v) is 14.9. The van der Waals surface area contributed by atoms with E-state index < -0.39 is 18.5 Å². The van der Waals surface area contributed by atoms with Gasteiger partial charge in [0.15, 0.2) is 0 Å². The van der Waals surface area contributed by atoms with Gasteiger partial charge in [0, 0.05) is 77.1 Å². The van der Waals surface area contributed by atoms with Gasteiger partial charge in [0.05, 0.1) is 16.6 Å². The molecular weight excluding hydrogens is 827 g/mol. The van der Waals surface area contributed by atoms with Gasteiger partial charge in [0.25, 0.3) is 0 Å². The molecule has 0 bridgehead atoms. The summed E-state index contributed by atoms with van der Waals surface area (Å²) < 4.78 is 45.9. The van der Waals surface area contributed by atoms with E-state index in [0.29, 0.717) is 11.3 Å². The lowest BCUT2D eigenvalue weighted by Gasteiger charge is -2.41. The van der Waals surface area contributed by atoms with Crippen LogP contribution in [0.3, 0.4) is 0 Å². The topological polar surface area (TPSA) is 25.7 Å². The van der Waals surface area contributed by atoms with Gasteiger partial charge in [-0.25, -0.2) is 8.78 Å². The van der Waals surface area contributed by atoms with Gasteiger partial charge in [0.2, 0.25) is 0 Å². The van der Waals surface area contributed by atoms with Gasteiger partial charge < -0.3 is 18.2 Å². The first kappa shape index (κ1) is 35.6. The highest BCUT2D eigenvalue weighted by Gasteiger charge is 2.47. The molecule has 16 rings (SSSR count). The molecule has 4 aromatic heterocycles. The highest BCUT2D eigenvalue weighted by atomic mass is 19.1. The second kappa shape index (κ2) is 12.6. The molecule has 4 nitrogen and oxygen atoms in total. The van der Waals surface area contributed by atoms with Crippen molar-refractivity contribution in [2.75, 3.05) is 4.90 Å². The summed E-state index contributed by atoms with van der Waals surface area (Å²) in [7, 11) is 0. The minimum Gasteiger partial charge on any atom is -0.456 e. The Bertz CT molecular complexity index is 4470. The van der Waals surface area contributed by atoms with E-state index in [1.807, 2.05) is 23.1 Å². The summed E-state index contributed by atoms with van der Waals surface area (Å²) in [4.78, 5) is 1.87. The van der Waals surface area contributed by atoms with Crippen molar-refractivity contribution >= 4 is 117 Å². The smallest absolute Gasteiger partial charge is 0.333 e. The number of anilines is 3. The molecule has 2 aliphatic heterocycles. The van der Waals surface area contributed by atoms with Crippen LogP contribution in [-0.4, -0.2) is 15.7 Å². The minimum atomic E-state index is -0.646. The van der Waals surface area contributed by atoms with Crippen LogP contribution in [0, 0.1) is 11.6 Å². The maximum Gasteiger partial charge on any atom is 0.333 e. The number of fused-ring (bicyclic) bond motifs is 18. The molecule has 0 saturated carbocycles. The van der Waals surface area contributed by atoms with E-state index in [2.05, 4.69) is 167 Å². The van der Waals surface area contributed by atoms with Gasteiger partial charge in [-0.1, -0.05) is 127 Å². The van der Waals surface area contributed by atoms with Crippen LogP contribution in [0.25, 0.3) is 115 Å². The Kier molecular flexibility index (Phi) is 6.68.